The van der Waals surface area contributed by atoms with Crippen LogP contribution in [0.2, 0.25) is 0 Å². The summed E-state index contributed by atoms with van der Waals surface area (Å²) in [7, 11) is 0. The molecule has 1 aliphatic rings. The van der Waals surface area contributed by atoms with Gasteiger partial charge in [0.2, 0.25) is 0 Å². The van der Waals surface area contributed by atoms with Crippen LogP contribution in [0.5, 0.6) is 0 Å². The molecule has 9 aromatic rings. The van der Waals surface area contributed by atoms with Crippen molar-refractivity contribution in [3.63, 3.8) is 0 Å². The summed E-state index contributed by atoms with van der Waals surface area (Å²) in [6.45, 7) is 0. The molecule has 0 spiro atoms. The van der Waals surface area contributed by atoms with Gasteiger partial charge in [-0.1, -0.05) is 97.1 Å². The summed E-state index contributed by atoms with van der Waals surface area (Å²) in [5.74, 6) is 0. The Bertz CT molecular complexity index is 2560. The summed E-state index contributed by atoms with van der Waals surface area (Å²) in [6, 6.07) is 48.6. The van der Waals surface area contributed by atoms with Crippen LogP contribution < -0.4 is 0 Å². The van der Waals surface area contributed by atoms with Gasteiger partial charge in [0.05, 0.1) is 0 Å². The van der Waals surface area contributed by atoms with Crippen molar-refractivity contribution in [1.29, 1.82) is 0 Å². The second-order valence-corrected chi connectivity index (χ2v) is 12.3. The molecule has 1 nitrogen and oxygen atoms in total. The molecule has 2 heterocycles. The zero-order chi connectivity index (χ0) is 27.4. The Hall–Kier alpha value is -5.18. The van der Waals surface area contributed by atoms with Crippen LogP contribution in [-0.2, 0) is 0 Å². The van der Waals surface area contributed by atoms with Gasteiger partial charge in [0.15, 0.2) is 0 Å². The van der Waals surface area contributed by atoms with Crippen LogP contribution in [0.25, 0.3) is 97.4 Å². The predicted octanol–water partition coefficient (Wildman–Crippen LogP) is 12.1. The highest BCUT2D eigenvalue weighted by Crippen LogP contribution is 2.54. The predicted molar refractivity (Wildman–Crippen MR) is 179 cm³/mol. The summed E-state index contributed by atoms with van der Waals surface area (Å²) in [5, 5.41) is 7.80. The number of hydrogen-bond acceptors (Lipinski definition) is 2. The third-order valence-electron chi connectivity index (χ3n) is 8.99. The molecule has 7 aromatic carbocycles. The van der Waals surface area contributed by atoms with Gasteiger partial charge in [-0.05, 0) is 86.3 Å². The Kier molecular flexibility index (Phi) is 4.39. The molecule has 2 aromatic heterocycles. The molecule has 0 unspecified atom stereocenters. The Morgan fingerprint density at radius 3 is 1.88 bits per heavy atom. The Morgan fingerprint density at radius 2 is 1.02 bits per heavy atom. The minimum absolute atomic E-state index is 0.954. The molecule has 10 rings (SSSR count). The number of hydrogen-bond donors (Lipinski definition) is 0. The van der Waals surface area contributed by atoms with Crippen LogP contribution >= 0.6 is 11.3 Å². The van der Waals surface area contributed by atoms with Crippen molar-refractivity contribution in [2.45, 2.75) is 0 Å². The molecule has 0 aliphatic heterocycles. The highest BCUT2D eigenvalue weighted by atomic mass is 32.1. The van der Waals surface area contributed by atoms with Crippen LogP contribution in [0.3, 0.4) is 0 Å². The molecule has 0 saturated heterocycles. The molecule has 0 saturated carbocycles. The fourth-order valence-electron chi connectivity index (χ4n) is 7.18. The normalized spacial score (nSPS) is 12.3. The highest BCUT2D eigenvalue weighted by molar-refractivity contribution is 7.26. The SMILES string of the molecule is c1ccc(-c2cccc(-c3cccc(-c4ccc5sc6ccc7ccc8oc9cccc%10c9c8c7c6c5c4-%10)c3)c2)cc1. The van der Waals surface area contributed by atoms with Crippen LogP contribution in [-0.4, -0.2) is 0 Å². The van der Waals surface area contributed by atoms with Crippen LogP contribution in [0.1, 0.15) is 0 Å². The summed E-state index contributed by atoms with van der Waals surface area (Å²) in [5.41, 5.74) is 11.9. The quantitative estimate of drug-likeness (QED) is 0.213. The largest absolute Gasteiger partial charge is 0.456 e. The average Bonchev–Trinajstić information content (AvgIpc) is 3.59. The Morgan fingerprint density at radius 1 is 0.381 bits per heavy atom. The van der Waals surface area contributed by atoms with E-state index in [-0.39, 0.29) is 0 Å². The fourth-order valence-corrected chi connectivity index (χ4v) is 8.30. The molecule has 0 N–H and O–H groups in total. The Balaban J connectivity index is 1.27. The van der Waals surface area contributed by atoms with Crippen molar-refractivity contribution < 1.29 is 4.42 Å². The molecule has 0 radical (unpaired) electrons. The standard InChI is InChI=1S/C40H22OS/c1-2-7-23(8-3-1)25-9-4-10-26(21-25)27-11-5-12-28(22-27)29-17-20-34-40-36(29)30-13-6-14-31-37(30)38-32(41-31)18-15-24-16-19-33(42-34)39(40)35(24)38/h1-22H. The zero-order valence-corrected chi connectivity index (χ0v) is 23.3. The van der Waals surface area contributed by atoms with E-state index in [2.05, 4.69) is 133 Å². The summed E-state index contributed by atoms with van der Waals surface area (Å²) in [6.07, 6.45) is 0. The first-order valence-electron chi connectivity index (χ1n) is 14.3. The number of rotatable bonds is 3. The zero-order valence-electron chi connectivity index (χ0n) is 22.5. The lowest BCUT2D eigenvalue weighted by Crippen LogP contribution is -1.88. The summed E-state index contributed by atoms with van der Waals surface area (Å²) >= 11 is 1.89. The van der Waals surface area contributed by atoms with Crippen molar-refractivity contribution in [3.8, 4) is 44.5 Å². The molecule has 0 fully saturated rings. The molecule has 0 atom stereocenters. The fraction of sp³-hybridized carbons (Fsp3) is 0. The maximum absolute atomic E-state index is 6.47. The number of fused-ring (bicyclic) bond motifs is 1. The second-order valence-electron chi connectivity index (χ2n) is 11.2. The minimum Gasteiger partial charge on any atom is -0.456 e. The van der Waals surface area contributed by atoms with Gasteiger partial charge < -0.3 is 4.42 Å². The van der Waals surface area contributed by atoms with E-state index in [4.69, 9.17) is 4.42 Å². The topological polar surface area (TPSA) is 13.1 Å². The van der Waals surface area contributed by atoms with Crippen molar-refractivity contribution in [1.82, 2.24) is 0 Å². The lowest BCUT2D eigenvalue weighted by atomic mass is 9.89. The van der Waals surface area contributed by atoms with Gasteiger partial charge in [-0.2, -0.15) is 0 Å². The van der Waals surface area contributed by atoms with E-state index in [0.29, 0.717) is 0 Å². The van der Waals surface area contributed by atoms with Gasteiger partial charge in [-0.3, -0.25) is 0 Å². The van der Waals surface area contributed by atoms with Crippen molar-refractivity contribution in [2.24, 2.45) is 0 Å². The van der Waals surface area contributed by atoms with Gasteiger partial charge in [-0.15, -0.1) is 11.3 Å². The third-order valence-corrected chi connectivity index (χ3v) is 10.1. The van der Waals surface area contributed by atoms with Crippen LogP contribution in [0, 0.1) is 0 Å². The van der Waals surface area contributed by atoms with E-state index < -0.39 is 0 Å². The van der Waals surface area contributed by atoms with Gasteiger partial charge in [-0.25, -0.2) is 0 Å². The van der Waals surface area contributed by atoms with E-state index in [1.807, 2.05) is 11.3 Å². The summed E-state index contributed by atoms with van der Waals surface area (Å²) in [4.78, 5) is 0. The van der Waals surface area contributed by atoms with Crippen molar-refractivity contribution in [2.75, 3.05) is 0 Å². The lowest BCUT2D eigenvalue weighted by molar-refractivity contribution is 0.669. The van der Waals surface area contributed by atoms with Crippen LogP contribution in [0.15, 0.2) is 138 Å². The molecular formula is C40H22OS. The molecule has 0 bridgehead atoms. The van der Waals surface area contributed by atoms with E-state index >= 15 is 0 Å². The molecule has 194 valence electrons. The first-order chi connectivity index (χ1) is 20.8. The van der Waals surface area contributed by atoms with Crippen molar-refractivity contribution >= 4 is 64.2 Å². The van der Waals surface area contributed by atoms with E-state index in [9.17, 15) is 0 Å². The minimum atomic E-state index is 0.954. The molecular weight excluding hydrogens is 529 g/mol. The third kappa shape index (κ3) is 2.97. The lowest BCUT2D eigenvalue weighted by Gasteiger charge is -2.14. The van der Waals surface area contributed by atoms with E-state index in [0.717, 1.165) is 11.2 Å². The molecule has 2 heteroatoms. The highest BCUT2D eigenvalue weighted by Gasteiger charge is 2.26. The van der Waals surface area contributed by atoms with Gasteiger partial charge in [0.1, 0.15) is 11.2 Å². The average molecular weight is 551 g/mol. The molecule has 1 aliphatic carbocycles. The maximum Gasteiger partial charge on any atom is 0.136 e. The number of furan rings is 1. The molecule has 0 amide bonds. The summed E-state index contributed by atoms with van der Waals surface area (Å²) < 4.78 is 9.13. The second kappa shape index (κ2) is 8.19. The number of thiophene rings is 1. The molecule has 42 heavy (non-hydrogen) atoms. The Labute approximate surface area is 245 Å². The maximum atomic E-state index is 6.47. The van der Waals surface area contributed by atoms with E-state index in [1.165, 1.54) is 86.2 Å². The smallest absolute Gasteiger partial charge is 0.136 e. The van der Waals surface area contributed by atoms with Gasteiger partial charge in [0, 0.05) is 36.3 Å². The number of benzene rings is 7. The van der Waals surface area contributed by atoms with Crippen molar-refractivity contribution in [3.05, 3.63) is 133 Å². The first kappa shape index (κ1) is 22.5. The van der Waals surface area contributed by atoms with Gasteiger partial charge in [0.25, 0.3) is 0 Å². The monoisotopic (exact) mass is 550 g/mol. The first-order valence-corrected chi connectivity index (χ1v) is 15.2. The van der Waals surface area contributed by atoms with Gasteiger partial charge >= 0.3 is 0 Å². The van der Waals surface area contributed by atoms with E-state index in [1.54, 1.807) is 0 Å². The van der Waals surface area contributed by atoms with Crippen LogP contribution in [0.4, 0.5) is 0 Å².